The number of hydrogen-bond acceptors (Lipinski definition) is 1. The second-order valence-electron chi connectivity index (χ2n) is 5.41. The highest BCUT2D eigenvalue weighted by molar-refractivity contribution is 6.18. The van der Waals surface area contributed by atoms with Crippen molar-refractivity contribution in [3.8, 4) is 0 Å². The van der Waals surface area contributed by atoms with E-state index in [9.17, 15) is 4.79 Å². The van der Waals surface area contributed by atoms with Crippen LogP contribution in [0.15, 0.2) is 0 Å². The molecule has 0 aromatic carbocycles. The molecule has 3 heteroatoms. The summed E-state index contributed by atoms with van der Waals surface area (Å²) in [5, 5.41) is 0. The van der Waals surface area contributed by atoms with Crippen molar-refractivity contribution >= 4 is 17.5 Å². The zero-order valence-corrected chi connectivity index (χ0v) is 9.75. The fraction of sp³-hybridized carbons (Fsp3) is 0.917. The molecule has 0 bridgehead atoms. The molecule has 0 N–H and O–H groups in total. The van der Waals surface area contributed by atoms with Crippen LogP contribution in [0, 0.1) is 17.8 Å². The predicted octanol–water partition coefficient (Wildman–Crippen LogP) is 2.26. The van der Waals surface area contributed by atoms with Crippen molar-refractivity contribution in [2.45, 2.75) is 38.1 Å². The predicted molar refractivity (Wildman–Crippen MR) is 59.8 cm³/mol. The zero-order valence-electron chi connectivity index (χ0n) is 8.99. The van der Waals surface area contributed by atoms with Crippen molar-refractivity contribution < 1.29 is 4.79 Å². The fourth-order valence-electron chi connectivity index (χ4n) is 3.44. The van der Waals surface area contributed by atoms with Crippen LogP contribution >= 0.6 is 11.6 Å². The first-order chi connectivity index (χ1) is 7.29. The van der Waals surface area contributed by atoms with Crippen molar-refractivity contribution in [3.63, 3.8) is 0 Å². The van der Waals surface area contributed by atoms with E-state index in [2.05, 4.69) is 4.90 Å². The molecule has 3 atom stereocenters. The molecule has 15 heavy (non-hydrogen) atoms. The number of rotatable bonds is 2. The lowest BCUT2D eigenvalue weighted by Crippen LogP contribution is -2.40. The molecule has 2 nitrogen and oxygen atoms in total. The molecule has 0 spiro atoms. The zero-order chi connectivity index (χ0) is 10.4. The number of alkyl halides is 1. The summed E-state index contributed by atoms with van der Waals surface area (Å²) in [7, 11) is 0. The van der Waals surface area contributed by atoms with Gasteiger partial charge in [-0.05, 0) is 43.9 Å². The summed E-state index contributed by atoms with van der Waals surface area (Å²) < 4.78 is 0. The van der Waals surface area contributed by atoms with Crippen LogP contribution in [-0.4, -0.2) is 29.3 Å². The number of carbonyl (C=O) groups is 1. The van der Waals surface area contributed by atoms with Crippen molar-refractivity contribution in [1.29, 1.82) is 0 Å². The number of carbonyl (C=O) groups excluding carboxylic acids is 1. The Labute approximate surface area is 96.0 Å². The van der Waals surface area contributed by atoms with Gasteiger partial charge in [0.05, 0.1) is 0 Å². The van der Waals surface area contributed by atoms with Gasteiger partial charge in [-0.15, -0.1) is 11.6 Å². The maximum Gasteiger partial charge on any atom is 0.225 e. The Hall–Kier alpha value is -0.240. The van der Waals surface area contributed by atoms with Gasteiger partial charge in [-0.2, -0.15) is 0 Å². The third kappa shape index (κ3) is 1.67. The Bertz CT molecular complexity index is 271. The fourth-order valence-corrected chi connectivity index (χ4v) is 3.76. The Morgan fingerprint density at radius 1 is 1.27 bits per heavy atom. The molecule has 3 fully saturated rings. The van der Waals surface area contributed by atoms with Gasteiger partial charge < -0.3 is 4.90 Å². The summed E-state index contributed by atoms with van der Waals surface area (Å²) >= 11 is 5.90. The number of hydrogen-bond donors (Lipinski definition) is 0. The number of halogens is 1. The van der Waals surface area contributed by atoms with Crippen LogP contribution < -0.4 is 0 Å². The third-order valence-electron chi connectivity index (χ3n) is 4.43. The Balaban J connectivity index is 1.63. The number of likely N-dealkylation sites (tertiary alicyclic amines) is 1. The maximum absolute atomic E-state index is 12.3. The summed E-state index contributed by atoms with van der Waals surface area (Å²) in [4.78, 5) is 14.3. The largest absolute Gasteiger partial charge is 0.338 e. The van der Waals surface area contributed by atoms with Gasteiger partial charge in [-0.25, -0.2) is 0 Å². The van der Waals surface area contributed by atoms with Crippen LogP contribution in [0.3, 0.4) is 0 Å². The SMILES string of the molecule is O=C(C1CC2CC2C1)N1CCC[C@H]1CCl. The minimum Gasteiger partial charge on any atom is -0.338 e. The summed E-state index contributed by atoms with van der Waals surface area (Å²) in [5.41, 5.74) is 0. The lowest BCUT2D eigenvalue weighted by atomic mass is 10.0. The van der Waals surface area contributed by atoms with E-state index in [0.29, 0.717) is 23.7 Å². The topological polar surface area (TPSA) is 20.3 Å². The highest BCUT2D eigenvalue weighted by atomic mass is 35.5. The second-order valence-corrected chi connectivity index (χ2v) is 5.71. The smallest absolute Gasteiger partial charge is 0.225 e. The van der Waals surface area contributed by atoms with E-state index in [-0.39, 0.29) is 0 Å². The van der Waals surface area contributed by atoms with E-state index in [0.717, 1.165) is 44.1 Å². The maximum atomic E-state index is 12.3. The first-order valence-electron chi connectivity index (χ1n) is 6.16. The van der Waals surface area contributed by atoms with Gasteiger partial charge in [0, 0.05) is 24.4 Å². The van der Waals surface area contributed by atoms with Crippen molar-refractivity contribution in [3.05, 3.63) is 0 Å². The van der Waals surface area contributed by atoms with Gasteiger partial charge in [0.1, 0.15) is 0 Å². The van der Waals surface area contributed by atoms with Crippen molar-refractivity contribution in [1.82, 2.24) is 4.90 Å². The van der Waals surface area contributed by atoms with Crippen LogP contribution in [-0.2, 0) is 4.79 Å². The normalized spacial score (nSPS) is 43.1. The molecule has 0 radical (unpaired) electrons. The van der Waals surface area contributed by atoms with Gasteiger partial charge in [0.2, 0.25) is 5.91 Å². The Morgan fingerprint density at radius 2 is 2.00 bits per heavy atom. The Morgan fingerprint density at radius 3 is 2.67 bits per heavy atom. The average Bonchev–Trinajstić information content (AvgIpc) is 2.72. The van der Waals surface area contributed by atoms with E-state index in [1.165, 1.54) is 6.42 Å². The van der Waals surface area contributed by atoms with E-state index in [1.807, 2.05) is 0 Å². The molecule has 1 saturated heterocycles. The minimum atomic E-state index is 0.330. The van der Waals surface area contributed by atoms with E-state index >= 15 is 0 Å². The summed E-state index contributed by atoms with van der Waals surface area (Å²) in [5.74, 6) is 3.17. The molecule has 0 aromatic rings. The molecule has 3 aliphatic rings. The minimum absolute atomic E-state index is 0.330. The van der Waals surface area contributed by atoms with Crippen LogP contribution in [0.5, 0.6) is 0 Å². The molecule has 0 aromatic heterocycles. The van der Waals surface area contributed by atoms with Gasteiger partial charge in [-0.3, -0.25) is 4.79 Å². The molecule has 2 aliphatic carbocycles. The third-order valence-corrected chi connectivity index (χ3v) is 4.79. The second kappa shape index (κ2) is 3.65. The van der Waals surface area contributed by atoms with Crippen LogP contribution in [0.2, 0.25) is 0 Å². The van der Waals surface area contributed by atoms with E-state index in [1.54, 1.807) is 0 Å². The summed E-state index contributed by atoms with van der Waals surface area (Å²) in [6.07, 6.45) is 5.96. The van der Waals surface area contributed by atoms with Crippen molar-refractivity contribution in [2.75, 3.05) is 12.4 Å². The molecule has 84 valence electrons. The lowest BCUT2D eigenvalue weighted by molar-refractivity contribution is -0.136. The van der Waals surface area contributed by atoms with E-state index < -0.39 is 0 Å². The molecular formula is C12H18ClNO. The Kier molecular flexibility index (Phi) is 2.42. The van der Waals surface area contributed by atoms with Crippen LogP contribution in [0.1, 0.15) is 32.1 Å². The van der Waals surface area contributed by atoms with Gasteiger partial charge in [0.25, 0.3) is 0 Å². The molecule has 1 amide bonds. The average molecular weight is 228 g/mol. The molecule has 3 rings (SSSR count). The number of nitrogens with zero attached hydrogens (tertiary/aromatic N) is 1. The van der Waals surface area contributed by atoms with Gasteiger partial charge >= 0.3 is 0 Å². The first-order valence-corrected chi connectivity index (χ1v) is 6.69. The van der Waals surface area contributed by atoms with Crippen LogP contribution in [0.4, 0.5) is 0 Å². The molecule has 2 unspecified atom stereocenters. The first kappa shape index (κ1) is 9.95. The van der Waals surface area contributed by atoms with Crippen molar-refractivity contribution in [2.24, 2.45) is 17.8 Å². The quantitative estimate of drug-likeness (QED) is 0.663. The van der Waals surface area contributed by atoms with Gasteiger partial charge in [-0.1, -0.05) is 0 Å². The molecule has 2 saturated carbocycles. The number of fused-ring (bicyclic) bond motifs is 1. The highest BCUT2D eigenvalue weighted by Crippen LogP contribution is 2.54. The summed E-state index contributed by atoms with van der Waals surface area (Å²) in [6.45, 7) is 0.946. The standard InChI is InChI=1S/C12H18ClNO/c13-7-11-2-1-3-14(11)12(15)10-5-8-4-9(8)6-10/h8-11H,1-7H2/t8?,9?,10?,11-/m0/s1. The molecule has 1 heterocycles. The number of amides is 1. The molecular weight excluding hydrogens is 210 g/mol. The van der Waals surface area contributed by atoms with E-state index in [4.69, 9.17) is 11.6 Å². The lowest BCUT2D eigenvalue weighted by Gasteiger charge is -2.26. The van der Waals surface area contributed by atoms with Gasteiger partial charge in [0.15, 0.2) is 0 Å². The summed E-state index contributed by atoms with van der Waals surface area (Å²) in [6, 6.07) is 0.330. The highest BCUT2D eigenvalue weighted by Gasteiger charge is 2.49. The van der Waals surface area contributed by atoms with Crippen LogP contribution in [0.25, 0.3) is 0 Å². The monoisotopic (exact) mass is 227 g/mol. The molecule has 1 aliphatic heterocycles.